The average Bonchev–Trinajstić information content (AvgIpc) is 2.71. The van der Waals surface area contributed by atoms with Crippen LogP contribution in [0.2, 0.25) is 0 Å². The van der Waals surface area contributed by atoms with E-state index in [9.17, 15) is 4.79 Å². The number of carbonyl (C=O) groups is 1. The van der Waals surface area contributed by atoms with Crippen LogP contribution in [-0.4, -0.2) is 22.5 Å². The van der Waals surface area contributed by atoms with Crippen LogP contribution in [0.5, 0.6) is 0 Å². The van der Waals surface area contributed by atoms with Crippen LogP contribution < -0.4 is 5.32 Å². The lowest BCUT2D eigenvalue weighted by Crippen LogP contribution is -2.28. The minimum Gasteiger partial charge on any atom is -0.314 e. The first-order valence-corrected chi connectivity index (χ1v) is 7.27. The number of thiocarbonyl (C=S) groups is 1. The molecule has 0 aliphatic carbocycles. The molecule has 2 rings (SSSR count). The van der Waals surface area contributed by atoms with Gasteiger partial charge in [-0.25, -0.2) is 0 Å². The lowest BCUT2D eigenvalue weighted by Gasteiger charge is -2.18. The molecule has 108 valence electrons. The predicted molar refractivity (Wildman–Crippen MR) is 86.0 cm³/mol. The average molecular weight is 299 g/mol. The molecule has 0 aromatic heterocycles. The van der Waals surface area contributed by atoms with Gasteiger partial charge in [-0.3, -0.25) is 10.1 Å². The Balaban J connectivity index is 2.34. The van der Waals surface area contributed by atoms with Gasteiger partial charge in [0.05, 0.1) is 11.6 Å². The molecule has 1 amide bonds. The van der Waals surface area contributed by atoms with E-state index >= 15 is 0 Å². The van der Waals surface area contributed by atoms with Crippen molar-refractivity contribution in [1.29, 1.82) is 5.26 Å². The van der Waals surface area contributed by atoms with Crippen LogP contribution in [0.4, 0.5) is 0 Å². The minimum atomic E-state index is -0.212. The standard InChI is InChI=1S/C16H17N3OS/c1-11(2)7-8-19-14(15(20)18-16(19)21)9-12-5-3-4-6-13(12)10-17/h3-6,9,11H,7-8H2,1-2H3,(H,18,20,21)/b14-9+. The highest BCUT2D eigenvalue weighted by molar-refractivity contribution is 7.80. The molecule has 0 spiro atoms. The van der Waals surface area contributed by atoms with Crippen molar-refractivity contribution in [1.82, 2.24) is 10.2 Å². The van der Waals surface area contributed by atoms with E-state index in [0.29, 0.717) is 28.8 Å². The third kappa shape index (κ3) is 3.47. The number of carbonyl (C=O) groups excluding carboxylic acids is 1. The molecule has 1 aliphatic heterocycles. The molecule has 0 unspecified atom stereocenters. The number of nitriles is 1. The molecule has 1 N–H and O–H groups in total. The van der Waals surface area contributed by atoms with E-state index in [2.05, 4.69) is 25.2 Å². The number of hydrogen-bond donors (Lipinski definition) is 1. The zero-order valence-electron chi connectivity index (χ0n) is 12.1. The summed E-state index contributed by atoms with van der Waals surface area (Å²) in [4.78, 5) is 13.9. The number of nitrogens with one attached hydrogen (secondary N) is 1. The maximum Gasteiger partial charge on any atom is 0.274 e. The number of nitrogens with zero attached hydrogens (tertiary/aromatic N) is 2. The lowest BCUT2D eigenvalue weighted by molar-refractivity contribution is -0.115. The molecule has 0 radical (unpaired) electrons. The SMILES string of the molecule is CC(C)CCN1C(=S)NC(=O)/C1=C\c1ccccc1C#N. The molecule has 1 aromatic rings. The fourth-order valence-corrected chi connectivity index (χ4v) is 2.37. The van der Waals surface area contributed by atoms with Crippen LogP contribution in [-0.2, 0) is 4.79 Å². The van der Waals surface area contributed by atoms with Crippen LogP contribution in [0.3, 0.4) is 0 Å². The molecule has 1 aromatic carbocycles. The quantitative estimate of drug-likeness (QED) is 0.686. The molecule has 21 heavy (non-hydrogen) atoms. The van der Waals surface area contributed by atoms with E-state index in [0.717, 1.165) is 12.0 Å². The summed E-state index contributed by atoms with van der Waals surface area (Å²) < 4.78 is 0. The summed E-state index contributed by atoms with van der Waals surface area (Å²) in [5.41, 5.74) is 1.77. The number of benzene rings is 1. The third-order valence-corrected chi connectivity index (χ3v) is 3.62. The topological polar surface area (TPSA) is 56.1 Å². The maximum atomic E-state index is 12.1. The number of hydrogen-bond acceptors (Lipinski definition) is 3. The molecule has 4 nitrogen and oxygen atoms in total. The van der Waals surface area contributed by atoms with Crippen LogP contribution in [0.25, 0.3) is 6.08 Å². The van der Waals surface area contributed by atoms with Crippen LogP contribution in [0.15, 0.2) is 30.0 Å². The first kappa shape index (κ1) is 15.2. The second-order valence-electron chi connectivity index (χ2n) is 5.32. The Hall–Kier alpha value is -2.19. The molecule has 5 heteroatoms. The van der Waals surface area contributed by atoms with Crippen LogP contribution in [0, 0.1) is 17.2 Å². The van der Waals surface area contributed by atoms with E-state index in [1.807, 2.05) is 17.0 Å². The Morgan fingerprint density at radius 3 is 2.81 bits per heavy atom. The van der Waals surface area contributed by atoms with Gasteiger partial charge in [-0.05, 0) is 42.3 Å². The highest BCUT2D eigenvalue weighted by atomic mass is 32.1. The smallest absolute Gasteiger partial charge is 0.274 e. The van der Waals surface area contributed by atoms with Gasteiger partial charge in [0.1, 0.15) is 5.70 Å². The molecular weight excluding hydrogens is 282 g/mol. The van der Waals surface area contributed by atoms with Gasteiger partial charge in [-0.15, -0.1) is 0 Å². The summed E-state index contributed by atoms with van der Waals surface area (Å²) in [7, 11) is 0. The Labute approximate surface area is 130 Å². The molecule has 0 bridgehead atoms. The van der Waals surface area contributed by atoms with Gasteiger partial charge in [0, 0.05) is 6.54 Å². The maximum absolute atomic E-state index is 12.1. The van der Waals surface area contributed by atoms with Crippen molar-refractivity contribution in [3.05, 3.63) is 41.1 Å². The van der Waals surface area contributed by atoms with Crippen molar-refractivity contribution < 1.29 is 4.79 Å². The van der Waals surface area contributed by atoms with Crippen molar-refractivity contribution in [2.45, 2.75) is 20.3 Å². The van der Waals surface area contributed by atoms with Gasteiger partial charge in [0.2, 0.25) is 0 Å². The van der Waals surface area contributed by atoms with Gasteiger partial charge >= 0.3 is 0 Å². The van der Waals surface area contributed by atoms with Crippen molar-refractivity contribution >= 4 is 29.3 Å². The summed E-state index contributed by atoms with van der Waals surface area (Å²) in [5.74, 6) is 0.313. The van der Waals surface area contributed by atoms with Crippen molar-refractivity contribution in [2.75, 3.05) is 6.54 Å². The molecule has 0 atom stereocenters. The Kier molecular flexibility index (Phi) is 4.71. The highest BCUT2D eigenvalue weighted by Gasteiger charge is 2.29. The fraction of sp³-hybridized carbons (Fsp3) is 0.312. The molecule has 1 aliphatic rings. The predicted octanol–water partition coefficient (Wildman–Crippen LogP) is 2.66. The van der Waals surface area contributed by atoms with Gasteiger partial charge < -0.3 is 4.90 Å². The molecular formula is C16H17N3OS. The Bertz CT molecular complexity index is 643. The first-order valence-electron chi connectivity index (χ1n) is 6.86. The summed E-state index contributed by atoms with van der Waals surface area (Å²) in [5, 5.41) is 12.2. The van der Waals surface area contributed by atoms with Gasteiger partial charge in [-0.2, -0.15) is 5.26 Å². The van der Waals surface area contributed by atoms with E-state index in [-0.39, 0.29) is 5.91 Å². The molecule has 0 saturated carbocycles. The van der Waals surface area contributed by atoms with Crippen LogP contribution >= 0.6 is 12.2 Å². The summed E-state index contributed by atoms with van der Waals surface area (Å²) in [6, 6.07) is 9.33. The van der Waals surface area contributed by atoms with Gasteiger partial charge in [0.15, 0.2) is 5.11 Å². The summed E-state index contributed by atoms with van der Waals surface area (Å²) in [6.07, 6.45) is 2.67. The normalized spacial score (nSPS) is 16.5. The lowest BCUT2D eigenvalue weighted by atomic mass is 10.1. The molecule has 1 fully saturated rings. The van der Waals surface area contributed by atoms with Crippen molar-refractivity contribution in [3.63, 3.8) is 0 Å². The van der Waals surface area contributed by atoms with Crippen molar-refractivity contribution in [3.8, 4) is 6.07 Å². The third-order valence-electron chi connectivity index (χ3n) is 3.29. The zero-order chi connectivity index (χ0) is 15.4. The first-order chi connectivity index (χ1) is 10.0. The Morgan fingerprint density at radius 2 is 2.14 bits per heavy atom. The molecule has 1 saturated heterocycles. The number of rotatable bonds is 4. The monoisotopic (exact) mass is 299 g/mol. The van der Waals surface area contributed by atoms with E-state index in [1.54, 1.807) is 18.2 Å². The van der Waals surface area contributed by atoms with Crippen molar-refractivity contribution in [2.24, 2.45) is 5.92 Å². The Morgan fingerprint density at radius 1 is 1.43 bits per heavy atom. The number of amides is 1. The van der Waals surface area contributed by atoms with Gasteiger partial charge in [-0.1, -0.05) is 32.0 Å². The van der Waals surface area contributed by atoms with Crippen LogP contribution in [0.1, 0.15) is 31.4 Å². The second kappa shape index (κ2) is 6.51. The minimum absolute atomic E-state index is 0.212. The fourth-order valence-electron chi connectivity index (χ4n) is 2.09. The summed E-state index contributed by atoms with van der Waals surface area (Å²) >= 11 is 5.21. The highest BCUT2D eigenvalue weighted by Crippen LogP contribution is 2.20. The largest absolute Gasteiger partial charge is 0.314 e. The second-order valence-corrected chi connectivity index (χ2v) is 5.71. The zero-order valence-corrected chi connectivity index (χ0v) is 12.9. The van der Waals surface area contributed by atoms with E-state index < -0.39 is 0 Å². The summed E-state index contributed by atoms with van der Waals surface area (Å²) in [6.45, 7) is 4.95. The van der Waals surface area contributed by atoms with E-state index in [1.165, 1.54) is 0 Å². The van der Waals surface area contributed by atoms with E-state index in [4.69, 9.17) is 17.5 Å². The van der Waals surface area contributed by atoms with Gasteiger partial charge in [0.25, 0.3) is 5.91 Å². The molecule has 1 heterocycles.